The number of carboxylic acids is 1. The molecule has 0 spiro atoms. The van der Waals surface area contributed by atoms with E-state index in [2.05, 4.69) is 0 Å². The summed E-state index contributed by atoms with van der Waals surface area (Å²) >= 11 is 0. The first kappa shape index (κ1) is 14.7. The maximum absolute atomic E-state index is 11.0. The van der Waals surface area contributed by atoms with Crippen molar-refractivity contribution >= 4 is 5.97 Å². The van der Waals surface area contributed by atoms with Gasteiger partial charge in [0, 0.05) is 12.6 Å². The van der Waals surface area contributed by atoms with Gasteiger partial charge in [0.2, 0.25) is 0 Å². The van der Waals surface area contributed by atoms with Gasteiger partial charge in [0.1, 0.15) is 17.5 Å². The molecule has 5 nitrogen and oxygen atoms in total. The average Bonchev–Trinajstić information content (AvgIpc) is 2.95. The molecule has 1 aromatic rings. The second kappa shape index (κ2) is 6.13. The summed E-state index contributed by atoms with van der Waals surface area (Å²) in [6, 6.07) is 5.41. The first-order valence-corrected chi connectivity index (χ1v) is 6.75. The first-order valence-electron chi connectivity index (χ1n) is 6.75. The number of nitrogens with zero attached hydrogens (tertiary/aromatic N) is 1. The Morgan fingerprint density at radius 2 is 1.90 bits per heavy atom. The molecular weight excluding hydrogens is 258 g/mol. The van der Waals surface area contributed by atoms with Crippen LogP contribution in [0.15, 0.2) is 18.2 Å². The zero-order valence-corrected chi connectivity index (χ0v) is 12.1. The van der Waals surface area contributed by atoms with E-state index in [4.69, 9.17) is 14.6 Å². The molecule has 1 aliphatic heterocycles. The molecule has 0 aromatic heterocycles. The Labute approximate surface area is 119 Å². The van der Waals surface area contributed by atoms with Gasteiger partial charge in [-0.2, -0.15) is 0 Å². The van der Waals surface area contributed by atoms with Crippen LogP contribution in [0, 0.1) is 0 Å². The molecule has 2 rings (SSSR count). The number of ether oxygens (including phenoxy) is 2. The summed E-state index contributed by atoms with van der Waals surface area (Å²) in [5.41, 5.74) is 1.14. The van der Waals surface area contributed by atoms with E-state index < -0.39 is 12.0 Å². The molecule has 0 radical (unpaired) electrons. The maximum atomic E-state index is 11.0. The monoisotopic (exact) mass is 279 g/mol. The van der Waals surface area contributed by atoms with Gasteiger partial charge >= 0.3 is 5.97 Å². The summed E-state index contributed by atoms with van der Waals surface area (Å²) in [4.78, 5) is 13.0. The van der Waals surface area contributed by atoms with Crippen molar-refractivity contribution in [2.75, 3.05) is 27.3 Å². The molecule has 1 N–H and O–H groups in total. The van der Waals surface area contributed by atoms with Gasteiger partial charge in [-0.1, -0.05) is 0 Å². The molecule has 1 fully saturated rings. The molecule has 2 atom stereocenters. The van der Waals surface area contributed by atoms with Crippen LogP contribution in [-0.2, 0) is 4.79 Å². The lowest BCUT2D eigenvalue weighted by atomic mass is 9.98. The average molecular weight is 279 g/mol. The third-order valence-corrected chi connectivity index (χ3v) is 3.97. The fourth-order valence-electron chi connectivity index (χ4n) is 2.63. The van der Waals surface area contributed by atoms with Gasteiger partial charge in [-0.15, -0.1) is 0 Å². The zero-order chi connectivity index (χ0) is 14.7. The predicted octanol–water partition coefficient (Wildman–Crippen LogP) is 1.97. The van der Waals surface area contributed by atoms with Crippen LogP contribution >= 0.6 is 0 Å². The Balaban J connectivity index is 2.15. The Morgan fingerprint density at radius 3 is 2.40 bits per heavy atom. The number of rotatable bonds is 5. The second-order valence-electron chi connectivity index (χ2n) is 5.14. The summed E-state index contributed by atoms with van der Waals surface area (Å²) in [5, 5.41) is 9.08. The van der Waals surface area contributed by atoms with Crippen LogP contribution in [0.1, 0.15) is 24.8 Å². The molecule has 0 aliphatic carbocycles. The molecular formula is C15H21NO4. The van der Waals surface area contributed by atoms with Crippen LogP contribution in [0.3, 0.4) is 0 Å². The molecule has 1 aromatic carbocycles. The lowest BCUT2D eigenvalue weighted by Crippen LogP contribution is -2.37. The number of aliphatic carboxylic acids is 1. The number of benzene rings is 1. The highest BCUT2D eigenvalue weighted by molar-refractivity contribution is 5.72. The molecule has 20 heavy (non-hydrogen) atoms. The number of hydrogen-bond acceptors (Lipinski definition) is 4. The van der Waals surface area contributed by atoms with E-state index >= 15 is 0 Å². The van der Waals surface area contributed by atoms with Crippen molar-refractivity contribution in [1.82, 2.24) is 4.90 Å². The van der Waals surface area contributed by atoms with Crippen molar-refractivity contribution in [3.8, 4) is 11.5 Å². The van der Waals surface area contributed by atoms with Crippen LogP contribution in [0.2, 0.25) is 0 Å². The summed E-state index contributed by atoms with van der Waals surface area (Å²) in [5.74, 6) is 1.09. The quantitative estimate of drug-likeness (QED) is 0.893. The van der Waals surface area contributed by atoms with E-state index in [1.807, 2.05) is 23.1 Å². The van der Waals surface area contributed by atoms with Gasteiger partial charge in [0.15, 0.2) is 0 Å². The van der Waals surface area contributed by atoms with Crippen LogP contribution in [0.25, 0.3) is 0 Å². The minimum atomic E-state index is -0.770. The summed E-state index contributed by atoms with van der Waals surface area (Å²) in [7, 11) is 3.26. The molecule has 0 amide bonds. The molecule has 0 saturated carbocycles. The van der Waals surface area contributed by atoms with Crippen LogP contribution in [0.5, 0.6) is 11.5 Å². The van der Waals surface area contributed by atoms with Crippen molar-refractivity contribution in [3.63, 3.8) is 0 Å². The van der Waals surface area contributed by atoms with Crippen molar-refractivity contribution < 1.29 is 19.4 Å². The number of carboxylic acid groups (broad SMARTS) is 1. The van der Waals surface area contributed by atoms with Gasteiger partial charge < -0.3 is 14.6 Å². The fourth-order valence-corrected chi connectivity index (χ4v) is 2.63. The van der Waals surface area contributed by atoms with E-state index in [-0.39, 0.29) is 0 Å². The highest BCUT2D eigenvalue weighted by Crippen LogP contribution is 2.33. The number of methoxy groups -OCH3 is 2. The Bertz CT molecular complexity index is 467. The van der Waals surface area contributed by atoms with Gasteiger partial charge in [0.25, 0.3) is 0 Å². The number of hydrogen-bond donors (Lipinski definition) is 1. The van der Waals surface area contributed by atoms with E-state index in [0.29, 0.717) is 5.92 Å². The third-order valence-electron chi connectivity index (χ3n) is 3.97. The SMILES string of the molecule is COc1cc(OC)cc([C@@H]2CCN([C@@H](C)C(=O)O)C2)c1. The zero-order valence-electron chi connectivity index (χ0n) is 12.1. The lowest BCUT2D eigenvalue weighted by molar-refractivity contribution is -0.142. The van der Waals surface area contributed by atoms with Crippen LogP contribution < -0.4 is 9.47 Å². The van der Waals surface area contributed by atoms with E-state index in [1.54, 1.807) is 21.1 Å². The smallest absolute Gasteiger partial charge is 0.320 e. The highest BCUT2D eigenvalue weighted by Gasteiger charge is 2.30. The number of likely N-dealkylation sites (tertiary alicyclic amines) is 1. The van der Waals surface area contributed by atoms with E-state index in [9.17, 15) is 4.79 Å². The second-order valence-corrected chi connectivity index (χ2v) is 5.14. The lowest BCUT2D eigenvalue weighted by Gasteiger charge is -2.20. The highest BCUT2D eigenvalue weighted by atomic mass is 16.5. The normalized spacial score (nSPS) is 20.6. The van der Waals surface area contributed by atoms with Crippen LogP contribution in [0.4, 0.5) is 0 Å². The molecule has 1 aliphatic rings. The topological polar surface area (TPSA) is 59.0 Å². The Kier molecular flexibility index (Phi) is 4.49. The fraction of sp³-hybridized carbons (Fsp3) is 0.533. The largest absolute Gasteiger partial charge is 0.497 e. The van der Waals surface area contributed by atoms with Gasteiger partial charge in [-0.25, -0.2) is 0 Å². The minimum absolute atomic E-state index is 0.320. The van der Waals surface area contributed by atoms with Crippen LogP contribution in [-0.4, -0.2) is 49.3 Å². The standard InChI is InChI=1S/C15H21NO4/c1-10(15(17)18)16-5-4-11(9-16)12-6-13(19-2)8-14(7-12)20-3/h6-8,10-11H,4-5,9H2,1-3H3,(H,17,18)/t10-,11+/m0/s1. The molecule has 1 saturated heterocycles. The summed E-state index contributed by atoms with van der Waals surface area (Å²) in [6.07, 6.45) is 0.952. The molecule has 1 heterocycles. The number of carbonyl (C=O) groups is 1. The first-order chi connectivity index (χ1) is 9.55. The Morgan fingerprint density at radius 1 is 1.30 bits per heavy atom. The van der Waals surface area contributed by atoms with E-state index in [1.165, 1.54) is 0 Å². The minimum Gasteiger partial charge on any atom is -0.497 e. The predicted molar refractivity (Wildman–Crippen MR) is 75.6 cm³/mol. The molecule has 0 unspecified atom stereocenters. The van der Waals surface area contributed by atoms with Crippen molar-refractivity contribution in [3.05, 3.63) is 23.8 Å². The van der Waals surface area contributed by atoms with Gasteiger partial charge in [0.05, 0.1) is 14.2 Å². The molecule has 110 valence electrons. The van der Waals surface area contributed by atoms with Crippen molar-refractivity contribution in [2.45, 2.75) is 25.3 Å². The van der Waals surface area contributed by atoms with Crippen molar-refractivity contribution in [2.24, 2.45) is 0 Å². The van der Waals surface area contributed by atoms with Gasteiger partial charge in [-0.3, -0.25) is 9.69 Å². The van der Waals surface area contributed by atoms with Gasteiger partial charge in [-0.05, 0) is 43.5 Å². The summed E-state index contributed by atoms with van der Waals surface area (Å²) < 4.78 is 10.6. The summed E-state index contributed by atoms with van der Waals surface area (Å²) in [6.45, 7) is 3.29. The molecule has 5 heteroatoms. The van der Waals surface area contributed by atoms with Crippen molar-refractivity contribution in [1.29, 1.82) is 0 Å². The maximum Gasteiger partial charge on any atom is 0.320 e. The Hall–Kier alpha value is -1.75. The van der Waals surface area contributed by atoms with E-state index in [0.717, 1.165) is 36.6 Å². The third kappa shape index (κ3) is 3.04. The molecule has 0 bridgehead atoms.